The number of hydrogen-bond donors (Lipinski definition) is 1. The Bertz CT molecular complexity index is 792. The van der Waals surface area contributed by atoms with Gasteiger partial charge in [0.2, 0.25) is 0 Å². The van der Waals surface area contributed by atoms with Gasteiger partial charge < -0.3 is 4.98 Å². The summed E-state index contributed by atoms with van der Waals surface area (Å²) in [6.07, 6.45) is 5.01. The van der Waals surface area contributed by atoms with Crippen LogP contribution < -0.4 is 0 Å². The van der Waals surface area contributed by atoms with Crippen LogP contribution in [0.2, 0.25) is 0 Å². The SMILES string of the molecule is C/C=C\c1nc2c(-c3ccc(C)cc3)c(CC)ccc2[nH]1. The van der Waals surface area contributed by atoms with E-state index in [0.29, 0.717) is 0 Å². The molecule has 0 aliphatic heterocycles. The van der Waals surface area contributed by atoms with Crippen molar-refractivity contribution in [1.29, 1.82) is 0 Å². The number of benzene rings is 2. The molecule has 3 rings (SSSR count). The Balaban J connectivity index is 2.28. The van der Waals surface area contributed by atoms with Crippen LogP contribution in [0, 0.1) is 6.92 Å². The standard InChI is InChI=1S/C19H20N2/c1-4-6-17-20-16-12-11-14(5-2)18(19(16)21-17)15-9-7-13(3)8-10-15/h4,6-12H,5H2,1-3H3,(H,20,21)/b6-4-. The quantitative estimate of drug-likeness (QED) is 0.705. The molecule has 3 aromatic rings. The minimum Gasteiger partial charge on any atom is -0.338 e. The van der Waals surface area contributed by atoms with E-state index in [2.05, 4.69) is 55.2 Å². The van der Waals surface area contributed by atoms with E-state index < -0.39 is 0 Å². The Morgan fingerprint density at radius 3 is 2.52 bits per heavy atom. The van der Waals surface area contributed by atoms with Crippen molar-refractivity contribution in [2.75, 3.05) is 0 Å². The number of allylic oxidation sites excluding steroid dienone is 1. The van der Waals surface area contributed by atoms with Gasteiger partial charge in [0.25, 0.3) is 0 Å². The highest BCUT2D eigenvalue weighted by atomic mass is 14.9. The third-order valence-electron chi connectivity index (χ3n) is 3.80. The number of nitrogens with one attached hydrogen (secondary N) is 1. The molecule has 0 spiro atoms. The molecule has 0 aliphatic carbocycles. The molecule has 1 N–H and O–H groups in total. The van der Waals surface area contributed by atoms with Crippen LogP contribution in [0.25, 0.3) is 28.2 Å². The van der Waals surface area contributed by atoms with Gasteiger partial charge in [0.1, 0.15) is 5.82 Å². The third kappa shape index (κ3) is 2.49. The molecule has 106 valence electrons. The largest absolute Gasteiger partial charge is 0.338 e. The molecule has 0 saturated heterocycles. The summed E-state index contributed by atoms with van der Waals surface area (Å²) in [5, 5.41) is 0. The fraction of sp³-hybridized carbons (Fsp3) is 0.211. The molecule has 2 heteroatoms. The number of fused-ring (bicyclic) bond motifs is 1. The zero-order valence-electron chi connectivity index (χ0n) is 12.8. The van der Waals surface area contributed by atoms with Crippen LogP contribution in [0.15, 0.2) is 42.5 Å². The number of nitrogens with zero attached hydrogens (tertiary/aromatic N) is 1. The second kappa shape index (κ2) is 5.57. The normalized spacial score (nSPS) is 11.6. The Kier molecular flexibility index (Phi) is 3.61. The van der Waals surface area contributed by atoms with Gasteiger partial charge in [-0.3, -0.25) is 0 Å². The predicted molar refractivity (Wildman–Crippen MR) is 90.4 cm³/mol. The van der Waals surface area contributed by atoms with Gasteiger partial charge >= 0.3 is 0 Å². The van der Waals surface area contributed by atoms with E-state index in [4.69, 9.17) is 4.98 Å². The number of rotatable bonds is 3. The summed E-state index contributed by atoms with van der Waals surface area (Å²) >= 11 is 0. The Morgan fingerprint density at radius 2 is 1.86 bits per heavy atom. The highest BCUT2D eigenvalue weighted by Gasteiger charge is 2.12. The van der Waals surface area contributed by atoms with E-state index in [0.717, 1.165) is 23.3 Å². The maximum Gasteiger partial charge on any atom is 0.130 e. The maximum atomic E-state index is 4.77. The first-order valence-electron chi connectivity index (χ1n) is 7.44. The topological polar surface area (TPSA) is 28.7 Å². The van der Waals surface area contributed by atoms with Crippen LogP contribution in [0.3, 0.4) is 0 Å². The van der Waals surface area contributed by atoms with E-state index in [1.54, 1.807) is 0 Å². The second-order valence-electron chi connectivity index (χ2n) is 5.34. The molecule has 1 heterocycles. The van der Waals surface area contributed by atoms with Crippen molar-refractivity contribution < 1.29 is 0 Å². The van der Waals surface area contributed by atoms with Crippen LogP contribution in [-0.4, -0.2) is 9.97 Å². The first kappa shape index (κ1) is 13.6. The number of H-pyrrole nitrogens is 1. The van der Waals surface area contributed by atoms with Gasteiger partial charge in [-0.15, -0.1) is 0 Å². The van der Waals surface area contributed by atoms with Gasteiger partial charge in [-0.1, -0.05) is 48.9 Å². The zero-order valence-corrected chi connectivity index (χ0v) is 12.8. The average Bonchev–Trinajstić information content (AvgIpc) is 2.90. The molecule has 1 aromatic heterocycles. The molecule has 0 aliphatic rings. The van der Waals surface area contributed by atoms with E-state index in [9.17, 15) is 0 Å². The summed E-state index contributed by atoms with van der Waals surface area (Å²) in [6, 6.07) is 13.0. The monoisotopic (exact) mass is 276 g/mol. The molecule has 0 amide bonds. The minimum atomic E-state index is 0.911. The highest BCUT2D eigenvalue weighted by Crippen LogP contribution is 2.31. The van der Waals surface area contributed by atoms with Crippen LogP contribution in [0.1, 0.15) is 30.8 Å². The van der Waals surface area contributed by atoms with Crippen molar-refractivity contribution in [2.45, 2.75) is 27.2 Å². The predicted octanol–water partition coefficient (Wildman–Crippen LogP) is 5.13. The number of hydrogen-bond acceptors (Lipinski definition) is 1. The molecule has 0 unspecified atom stereocenters. The van der Waals surface area contributed by atoms with Crippen LogP contribution >= 0.6 is 0 Å². The number of imidazole rings is 1. The molecule has 0 atom stereocenters. The van der Waals surface area contributed by atoms with Crippen molar-refractivity contribution in [2.24, 2.45) is 0 Å². The summed E-state index contributed by atoms with van der Waals surface area (Å²) in [5.41, 5.74) is 7.26. The van der Waals surface area contributed by atoms with Crippen LogP contribution in [0.4, 0.5) is 0 Å². The summed E-state index contributed by atoms with van der Waals surface area (Å²) in [4.78, 5) is 8.14. The highest BCUT2D eigenvalue weighted by molar-refractivity contribution is 5.94. The van der Waals surface area contributed by atoms with Crippen molar-refractivity contribution in [1.82, 2.24) is 9.97 Å². The first-order chi connectivity index (χ1) is 10.2. The van der Waals surface area contributed by atoms with Crippen molar-refractivity contribution in [3.8, 4) is 11.1 Å². The molecule has 0 saturated carbocycles. The molecular weight excluding hydrogens is 256 g/mol. The van der Waals surface area contributed by atoms with Gasteiger partial charge in [0.05, 0.1) is 11.0 Å². The van der Waals surface area contributed by atoms with Crippen LogP contribution in [0.5, 0.6) is 0 Å². The van der Waals surface area contributed by atoms with E-state index in [1.165, 1.54) is 22.3 Å². The van der Waals surface area contributed by atoms with Crippen molar-refractivity contribution in [3.63, 3.8) is 0 Å². The van der Waals surface area contributed by atoms with Gasteiger partial charge in [-0.25, -0.2) is 4.98 Å². The number of aryl methyl sites for hydroxylation is 2. The zero-order chi connectivity index (χ0) is 14.8. The maximum absolute atomic E-state index is 4.77. The van der Waals surface area contributed by atoms with Crippen molar-refractivity contribution >= 4 is 17.1 Å². The lowest BCUT2D eigenvalue weighted by molar-refractivity contribution is 1.15. The number of aromatic nitrogens is 2. The third-order valence-corrected chi connectivity index (χ3v) is 3.80. The summed E-state index contributed by atoms with van der Waals surface area (Å²) < 4.78 is 0. The summed E-state index contributed by atoms with van der Waals surface area (Å²) in [5.74, 6) is 0.911. The minimum absolute atomic E-state index is 0.911. The van der Waals surface area contributed by atoms with Crippen molar-refractivity contribution in [3.05, 3.63) is 59.4 Å². The Morgan fingerprint density at radius 1 is 1.10 bits per heavy atom. The average molecular weight is 276 g/mol. The fourth-order valence-electron chi connectivity index (χ4n) is 2.71. The van der Waals surface area contributed by atoms with E-state index in [1.807, 2.05) is 19.1 Å². The number of aromatic amines is 1. The van der Waals surface area contributed by atoms with E-state index >= 15 is 0 Å². The summed E-state index contributed by atoms with van der Waals surface area (Å²) in [7, 11) is 0. The van der Waals surface area contributed by atoms with Crippen LogP contribution in [-0.2, 0) is 6.42 Å². The van der Waals surface area contributed by atoms with Gasteiger partial charge in [0, 0.05) is 5.56 Å². The summed E-state index contributed by atoms with van der Waals surface area (Å²) in [6.45, 7) is 6.31. The lowest BCUT2D eigenvalue weighted by Gasteiger charge is -2.09. The smallest absolute Gasteiger partial charge is 0.130 e. The molecule has 0 radical (unpaired) electrons. The van der Waals surface area contributed by atoms with Gasteiger partial charge in [0.15, 0.2) is 0 Å². The molecule has 2 nitrogen and oxygen atoms in total. The van der Waals surface area contributed by atoms with E-state index in [-0.39, 0.29) is 0 Å². The molecule has 21 heavy (non-hydrogen) atoms. The van der Waals surface area contributed by atoms with Gasteiger partial charge in [-0.2, -0.15) is 0 Å². The second-order valence-corrected chi connectivity index (χ2v) is 5.34. The Labute approximate surface area is 125 Å². The first-order valence-corrected chi connectivity index (χ1v) is 7.44. The Hall–Kier alpha value is -2.35. The molecule has 0 bridgehead atoms. The van der Waals surface area contributed by atoms with Gasteiger partial charge in [-0.05, 0) is 43.5 Å². The molecule has 0 fully saturated rings. The lowest BCUT2D eigenvalue weighted by atomic mass is 9.96. The molecular formula is C19H20N2. The molecule has 2 aromatic carbocycles. The fourth-order valence-corrected chi connectivity index (χ4v) is 2.71. The lowest BCUT2D eigenvalue weighted by Crippen LogP contribution is -1.90.